The van der Waals surface area contributed by atoms with Crippen LogP contribution in [0.3, 0.4) is 0 Å². The molecule has 0 aromatic carbocycles. The van der Waals surface area contributed by atoms with Gasteiger partial charge in [-0.3, -0.25) is 0 Å². The molecule has 0 N–H and O–H groups in total. The third-order valence-corrected chi connectivity index (χ3v) is 2.69. The Kier molecular flexibility index (Phi) is 7.47. The van der Waals surface area contributed by atoms with E-state index < -0.39 is 0 Å². The van der Waals surface area contributed by atoms with E-state index in [2.05, 4.69) is 25.7 Å². The van der Waals surface area contributed by atoms with Gasteiger partial charge in [0.25, 0.3) is 0 Å². The van der Waals surface area contributed by atoms with E-state index in [0.717, 1.165) is 19.0 Å². The van der Waals surface area contributed by atoms with Crippen LogP contribution in [0.25, 0.3) is 0 Å². The van der Waals surface area contributed by atoms with Crippen molar-refractivity contribution in [2.24, 2.45) is 5.92 Å². The molecule has 0 heterocycles. The number of thiocarbonyl (C=S) groups is 1. The Bertz CT molecular complexity index is 114. The van der Waals surface area contributed by atoms with E-state index in [4.69, 9.17) is 12.2 Å². The fourth-order valence-electron chi connectivity index (χ4n) is 1.13. The van der Waals surface area contributed by atoms with Crippen LogP contribution in [0.2, 0.25) is 0 Å². The molecular weight excluding hydrogens is 166 g/mol. The monoisotopic (exact) mass is 187 g/mol. The lowest BCUT2D eigenvalue weighted by Crippen LogP contribution is -2.21. The van der Waals surface area contributed by atoms with Crippen LogP contribution in [-0.4, -0.2) is 23.5 Å². The average molecular weight is 187 g/mol. The molecule has 0 radical (unpaired) electrons. The second-order valence-electron chi connectivity index (χ2n) is 3.39. The van der Waals surface area contributed by atoms with E-state index in [1.54, 1.807) is 5.49 Å². The second kappa shape index (κ2) is 7.53. The van der Waals surface area contributed by atoms with Crippen LogP contribution in [-0.2, 0) is 0 Å². The van der Waals surface area contributed by atoms with Gasteiger partial charge in [-0.05, 0) is 25.7 Å². The van der Waals surface area contributed by atoms with Crippen LogP contribution in [0.5, 0.6) is 0 Å². The van der Waals surface area contributed by atoms with Gasteiger partial charge in [-0.25, -0.2) is 0 Å². The zero-order valence-corrected chi connectivity index (χ0v) is 9.36. The zero-order valence-electron chi connectivity index (χ0n) is 8.55. The first-order valence-electron chi connectivity index (χ1n) is 4.93. The van der Waals surface area contributed by atoms with Crippen LogP contribution >= 0.6 is 12.2 Å². The molecule has 0 saturated carbocycles. The molecule has 1 atom stereocenters. The molecule has 1 unspecified atom stereocenters. The van der Waals surface area contributed by atoms with Gasteiger partial charge in [-0.1, -0.05) is 32.5 Å². The summed E-state index contributed by atoms with van der Waals surface area (Å²) >= 11 is 4.88. The molecule has 0 fully saturated rings. The summed E-state index contributed by atoms with van der Waals surface area (Å²) in [5.74, 6) is 0.869. The third kappa shape index (κ3) is 5.53. The van der Waals surface area contributed by atoms with Crippen molar-refractivity contribution in [1.29, 1.82) is 0 Å². The first kappa shape index (κ1) is 11.9. The number of rotatable bonds is 7. The van der Waals surface area contributed by atoms with Crippen molar-refractivity contribution in [3.05, 3.63) is 0 Å². The van der Waals surface area contributed by atoms with Crippen molar-refractivity contribution in [2.75, 3.05) is 13.1 Å². The maximum absolute atomic E-state index is 4.88. The molecule has 0 rings (SSSR count). The van der Waals surface area contributed by atoms with E-state index in [1.807, 2.05) is 0 Å². The number of hydrogen-bond acceptors (Lipinski definition) is 1. The van der Waals surface area contributed by atoms with E-state index >= 15 is 0 Å². The molecule has 12 heavy (non-hydrogen) atoms. The molecule has 2 heteroatoms. The zero-order chi connectivity index (χ0) is 9.40. The summed E-state index contributed by atoms with van der Waals surface area (Å²) < 4.78 is 0. The minimum atomic E-state index is 0.869. The molecule has 0 bridgehead atoms. The van der Waals surface area contributed by atoms with Crippen molar-refractivity contribution in [1.82, 2.24) is 4.90 Å². The lowest BCUT2D eigenvalue weighted by molar-refractivity contribution is 0.404. The summed E-state index contributed by atoms with van der Waals surface area (Å²) in [6.45, 7) is 8.88. The number of nitrogens with zero attached hydrogens (tertiary/aromatic N) is 1. The van der Waals surface area contributed by atoms with Gasteiger partial charge in [-0.2, -0.15) is 0 Å². The molecule has 0 aromatic heterocycles. The lowest BCUT2D eigenvalue weighted by atomic mass is 10.0. The molecule has 0 aliphatic carbocycles. The summed E-state index contributed by atoms with van der Waals surface area (Å²) in [6, 6.07) is 0. The Morgan fingerprint density at radius 1 is 1.42 bits per heavy atom. The molecule has 1 nitrogen and oxygen atoms in total. The minimum absolute atomic E-state index is 0.869. The highest BCUT2D eigenvalue weighted by Gasteiger charge is 2.00. The molecule has 0 spiro atoms. The van der Waals surface area contributed by atoms with Crippen molar-refractivity contribution in [3.8, 4) is 0 Å². The highest BCUT2D eigenvalue weighted by atomic mass is 32.1. The Morgan fingerprint density at radius 3 is 2.50 bits per heavy atom. The largest absolute Gasteiger partial charge is 0.369 e. The highest BCUT2D eigenvalue weighted by molar-refractivity contribution is 7.78. The normalized spacial score (nSPS) is 12.6. The minimum Gasteiger partial charge on any atom is -0.369 e. The Balaban J connectivity index is 3.34. The summed E-state index contributed by atoms with van der Waals surface area (Å²) in [4.78, 5) is 2.19. The third-order valence-electron chi connectivity index (χ3n) is 2.39. The standard InChI is InChI=1S/C10H21NS/c1-4-10(3)7-6-8-11(5-2)9-12/h9-10H,4-8H2,1-3H3. The van der Waals surface area contributed by atoms with Crippen molar-refractivity contribution >= 4 is 17.7 Å². The molecule has 0 aromatic rings. The average Bonchev–Trinajstić information content (AvgIpc) is 2.12. The fraction of sp³-hybridized carbons (Fsp3) is 0.900. The van der Waals surface area contributed by atoms with Crippen LogP contribution in [0, 0.1) is 5.92 Å². The maximum Gasteiger partial charge on any atom is 0.0640 e. The quantitative estimate of drug-likeness (QED) is 0.563. The van der Waals surface area contributed by atoms with Gasteiger partial charge in [0.05, 0.1) is 5.49 Å². The molecule has 72 valence electrons. The van der Waals surface area contributed by atoms with Gasteiger partial charge in [0.2, 0.25) is 0 Å². The Labute approximate surface area is 82.1 Å². The second-order valence-corrected chi connectivity index (χ2v) is 3.60. The smallest absolute Gasteiger partial charge is 0.0640 e. The van der Waals surface area contributed by atoms with Gasteiger partial charge >= 0.3 is 0 Å². The molecule has 0 amide bonds. The lowest BCUT2D eigenvalue weighted by Gasteiger charge is -2.17. The van der Waals surface area contributed by atoms with Gasteiger partial charge < -0.3 is 4.90 Å². The Hall–Kier alpha value is -0.110. The van der Waals surface area contributed by atoms with Crippen LogP contribution < -0.4 is 0 Å². The van der Waals surface area contributed by atoms with Gasteiger partial charge in [0.1, 0.15) is 0 Å². The molecule has 0 aliphatic heterocycles. The first-order valence-corrected chi connectivity index (χ1v) is 5.41. The topological polar surface area (TPSA) is 3.24 Å². The summed E-state index contributed by atoms with van der Waals surface area (Å²) in [5.41, 5.74) is 1.77. The van der Waals surface area contributed by atoms with Crippen LogP contribution in [0.1, 0.15) is 40.0 Å². The van der Waals surface area contributed by atoms with Crippen LogP contribution in [0.15, 0.2) is 0 Å². The van der Waals surface area contributed by atoms with E-state index in [9.17, 15) is 0 Å². The van der Waals surface area contributed by atoms with Gasteiger partial charge in [0.15, 0.2) is 0 Å². The predicted octanol–water partition coefficient (Wildman–Crippen LogP) is 3.09. The number of hydrogen-bond donors (Lipinski definition) is 0. The first-order chi connectivity index (χ1) is 5.74. The van der Waals surface area contributed by atoms with Crippen molar-refractivity contribution < 1.29 is 0 Å². The van der Waals surface area contributed by atoms with E-state index in [1.165, 1.54) is 19.3 Å². The molecular formula is C10H21NS. The van der Waals surface area contributed by atoms with Crippen LogP contribution in [0.4, 0.5) is 0 Å². The summed E-state index contributed by atoms with van der Waals surface area (Å²) in [7, 11) is 0. The fourth-order valence-corrected chi connectivity index (χ4v) is 1.39. The Morgan fingerprint density at radius 2 is 2.08 bits per heavy atom. The van der Waals surface area contributed by atoms with E-state index in [0.29, 0.717) is 0 Å². The summed E-state index contributed by atoms with van der Waals surface area (Å²) in [6.07, 6.45) is 3.90. The van der Waals surface area contributed by atoms with Gasteiger partial charge in [-0.15, -0.1) is 0 Å². The highest BCUT2D eigenvalue weighted by Crippen LogP contribution is 2.09. The molecule has 0 saturated heterocycles. The predicted molar refractivity (Wildman–Crippen MR) is 59.6 cm³/mol. The summed E-state index contributed by atoms with van der Waals surface area (Å²) in [5, 5.41) is 0. The maximum atomic E-state index is 4.88. The molecule has 0 aliphatic rings. The van der Waals surface area contributed by atoms with E-state index in [-0.39, 0.29) is 0 Å². The van der Waals surface area contributed by atoms with Crippen molar-refractivity contribution in [2.45, 2.75) is 40.0 Å². The van der Waals surface area contributed by atoms with Gasteiger partial charge in [0, 0.05) is 13.1 Å². The van der Waals surface area contributed by atoms with Crippen molar-refractivity contribution in [3.63, 3.8) is 0 Å². The SMILES string of the molecule is CCC(C)CCCN(C=S)CC.